The molecule has 9 rings (SSSR count). The van der Waals surface area contributed by atoms with Gasteiger partial charge in [-0.05, 0) is 112 Å². The number of rotatable bonds is 8. The van der Waals surface area contributed by atoms with Crippen molar-refractivity contribution >= 4 is 61.5 Å². The molecule has 1 heterocycles. The molecular weight excluding hydrogens is 661 g/mol. The van der Waals surface area contributed by atoms with Gasteiger partial charge in [0.1, 0.15) is 11.5 Å². The number of methoxy groups -OCH3 is 2. The summed E-state index contributed by atoms with van der Waals surface area (Å²) in [5.74, 6) is 1.70. The van der Waals surface area contributed by atoms with E-state index in [1.807, 2.05) is 12.1 Å². The van der Waals surface area contributed by atoms with E-state index in [9.17, 15) is 0 Å². The van der Waals surface area contributed by atoms with Crippen LogP contribution in [0.2, 0.25) is 0 Å². The Kier molecular flexibility index (Phi) is 8.34. The number of ether oxygens (including phenoxy) is 2. The third kappa shape index (κ3) is 5.49. The van der Waals surface area contributed by atoms with Crippen LogP contribution in [-0.4, -0.2) is 22.3 Å². The van der Waals surface area contributed by atoms with Crippen LogP contribution < -0.4 is 19.8 Å². The Morgan fingerprint density at radius 3 is 1.06 bits per heavy atom. The Morgan fingerprint density at radius 1 is 0.321 bits per heavy atom. The standard InChI is InChI=1S/C50H38O2Si/c1-51-43-29-27-35-23-25-39(31-41(35)33-43)49-47(37-15-7-3-8-16-37)48(38-17-9-4-10-18-38)50(40-26-24-36-28-30-44(52-2)34-42(36)32-40)53(49,45-19-11-5-12-20-45)46-21-13-6-14-22-46/h3-34H,1-2H3. The third-order valence-electron chi connectivity index (χ3n) is 10.7. The van der Waals surface area contributed by atoms with Gasteiger partial charge in [0.2, 0.25) is 0 Å². The van der Waals surface area contributed by atoms with Crippen molar-refractivity contribution in [3.8, 4) is 11.5 Å². The third-order valence-corrected chi connectivity index (χ3v) is 15.7. The van der Waals surface area contributed by atoms with E-state index >= 15 is 0 Å². The summed E-state index contributed by atoms with van der Waals surface area (Å²) in [5, 5.41) is 10.1. The van der Waals surface area contributed by atoms with Gasteiger partial charge in [-0.15, -0.1) is 0 Å². The molecule has 0 spiro atoms. The molecule has 1 aliphatic heterocycles. The molecule has 0 N–H and O–H groups in total. The monoisotopic (exact) mass is 698 g/mol. The molecule has 8 aromatic carbocycles. The van der Waals surface area contributed by atoms with E-state index < -0.39 is 8.07 Å². The molecular formula is C50H38O2Si. The summed E-state index contributed by atoms with van der Waals surface area (Å²) in [5.41, 5.74) is 7.39. The molecule has 3 heteroatoms. The first-order chi connectivity index (χ1) is 26.2. The van der Waals surface area contributed by atoms with Gasteiger partial charge in [0.25, 0.3) is 0 Å². The zero-order valence-electron chi connectivity index (χ0n) is 29.8. The second-order valence-electron chi connectivity index (χ2n) is 13.6. The molecule has 2 nitrogen and oxygen atoms in total. The Balaban J connectivity index is 1.52. The highest BCUT2D eigenvalue weighted by Crippen LogP contribution is 2.55. The normalized spacial score (nSPS) is 13.8. The summed E-state index contributed by atoms with van der Waals surface area (Å²) >= 11 is 0. The van der Waals surface area contributed by atoms with Gasteiger partial charge in [-0.3, -0.25) is 0 Å². The maximum Gasteiger partial charge on any atom is 0.182 e. The van der Waals surface area contributed by atoms with Crippen LogP contribution in [0.3, 0.4) is 0 Å². The van der Waals surface area contributed by atoms with Crippen molar-refractivity contribution in [3.63, 3.8) is 0 Å². The predicted molar refractivity (Wildman–Crippen MR) is 225 cm³/mol. The molecule has 0 saturated carbocycles. The number of benzene rings is 8. The average molecular weight is 699 g/mol. The minimum absolute atomic E-state index is 0.850. The van der Waals surface area contributed by atoms with Crippen LogP contribution in [0.15, 0.2) is 194 Å². The van der Waals surface area contributed by atoms with Crippen LogP contribution in [0, 0.1) is 0 Å². The van der Waals surface area contributed by atoms with Crippen molar-refractivity contribution < 1.29 is 9.47 Å². The molecule has 0 fully saturated rings. The fourth-order valence-corrected chi connectivity index (χ4v) is 14.0. The molecule has 0 unspecified atom stereocenters. The summed E-state index contributed by atoms with van der Waals surface area (Å²) in [6.07, 6.45) is 0. The molecule has 1 aliphatic rings. The first kappa shape index (κ1) is 32.5. The van der Waals surface area contributed by atoms with Crippen molar-refractivity contribution in [3.05, 3.63) is 216 Å². The average Bonchev–Trinajstić information content (AvgIpc) is 3.57. The van der Waals surface area contributed by atoms with Crippen molar-refractivity contribution in [2.24, 2.45) is 0 Å². The van der Waals surface area contributed by atoms with E-state index in [1.54, 1.807) is 14.2 Å². The van der Waals surface area contributed by atoms with Gasteiger partial charge >= 0.3 is 0 Å². The van der Waals surface area contributed by atoms with Gasteiger partial charge in [-0.2, -0.15) is 0 Å². The van der Waals surface area contributed by atoms with Gasteiger partial charge in [-0.25, -0.2) is 0 Å². The fraction of sp³-hybridized carbons (Fsp3) is 0.0400. The van der Waals surface area contributed by atoms with Crippen molar-refractivity contribution in [1.82, 2.24) is 0 Å². The van der Waals surface area contributed by atoms with Gasteiger partial charge in [0, 0.05) is 0 Å². The Bertz CT molecular complexity index is 2470. The molecule has 0 aromatic heterocycles. The highest BCUT2D eigenvalue weighted by molar-refractivity contribution is 7.29. The first-order valence-corrected chi connectivity index (χ1v) is 20.1. The molecule has 0 amide bonds. The van der Waals surface area contributed by atoms with Crippen LogP contribution in [0.5, 0.6) is 11.5 Å². The highest BCUT2D eigenvalue weighted by Gasteiger charge is 2.53. The van der Waals surface area contributed by atoms with Crippen LogP contribution in [-0.2, 0) is 0 Å². The van der Waals surface area contributed by atoms with E-state index in [0.717, 1.165) is 22.3 Å². The lowest BCUT2D eigenvalue weighted by Crippen LogP contribution is -2.59. The summed E-state index contributed by atoms with van der Waals surface area (Å²) < 4.78 is 11.5. The van der Waals surface area contributed by atoms with Crippen LogP contribution in [0.1, 0.15) is 22.3 Å². The quantitative estimate of drug-likeness (QED) is 0.147. The van der Waals surface area contributed by atoms with E-state index in [-0.39, 0.29) is 0 Å². The lowest BCUT2D eigenvalue weighted by atomic mass is 9.89. The maximum absolute atomic E-state index is 5.74. The Morgan fingerprint density at radius 2 is 0.679 bits per heavy atom. The molecule has 8 aromatic rings. The Hall–Kier alpha value is -6.42. The number of fused-ring (bicyclic) bond motifs is 2. The summed E-state index contributed by atoms with van der Waals surface area (Å²) in [4.78, 5) is 0. The highest BCUT2D eigenvalue weighted by atomic mass is 28.3. The minimum atomic E-state index is -3.14. The second-order valence-corrected chi connectivity index (χ2v) is 17.2. The van der Waals surface area contributed by atoms with Crippen LogP contribution in [0.4, 0.5) is 0 Å². The smallest absolute Gasteiger partial charge is 0.182 e. The SMILES string of the molecule is COc1ccc2ccc(C3=C(c4ccccc4)C(c4ccccc4)=C(c4ccc5ccc(OC)cc5c4)[Si]3(c3ccccc3)c3ccccc3)cc2c1. The lowest BCUT2D eigenvalue weighted by Gasteiger charge is -2.36. The van der Waals surface area contributed by atoms with E-state index in [4.69, 9.17) is 9.47 Å². The van der Waals surface area contributed by atoms with Crippen molar-refractivity contribution in [1.29, 1.82) is 0 Å². The second kappa shape index (κ2) is 13.6. The molecule has 0 radical (unpaired) electrons. The van der Waals surface area contributed by atoms with Crippen molar-refractivity contribution in [2.75, 3.05) is 14.2 Å². The van der Waals surface area contributed by atoms with Crippen LogP contribution >= 0.6 is 0 Å². The number of allylic oxidation sites excluding steroid dienone is 2. The molecule has 0 bridgehead atoms. The Labute approximate surface area is 311 Å². The largest absolute Gasteiger partial charge is 0.497 e. The van der Waals surface area contributed by atoms with E-state index in [2.05, 4.69) is 182 Å². The molecule has 254 valence electrons. The summed E-state index contributed by atoms with van der Waals surface area (Å²) in [6, 6.07) is 71.3. The summed E-state index contributed by atoms with van der Waals surface area (Å²) in [6.45, 7) is 0. The molecule has 53 heavy (non-hydrogen) atoms. The molecule has 0 saturated heterocycles. The zero-order valence-corrected chi connectivity index (χ0v) is 30.8. The predicted octanol–water partition coefficient (Wildman–Crippen LogP) is 10.9. The number of hydrogen-bond donors (Lipinski definition) is 0. The maximum atomic E-state index is 5.74. The lowest BCUT2D eigenvalue weighted by molar-refractivity contribution is 0.415. The minimum Gasteiger partial charge on any atom is -0.497 e. The van der Waals surface area contributed by atoms with Gasteiger partial charge in [-0.1, -0.05) is 158 Å². The van der Waals surface area contributed by atoms with Gasteiger partial charge < -0.3 is 9.47 Å². The van der Waals surface area contributed by atoms with E-state index in [1.165, 1.54) is 64.9 Å². The van der Waals surface area contributed by atoms with Gasteiger partial charge in [0.15, 0.2) is 8.07 Å². The fourth-order valence-electron chi connectivity index (χ4n) is 8.39. The summed E-state index contributed by atoms with van der Waals surface area (Å²) in [7, 11) is 0.338. The van der Waals surface area contributed by atoms with Crippen molar-refractivity contribution in [2.45, 2.75) is 0 Å². The topological polar surface area (TPSA) is 18.5 Å². The number of hydrogen-bond acceptors (Lipinski definition) is 2. The first-order valence-electron chi connectivity index (χ1n) is 18.1. The van der Waals surface area contributed by atoms with Gasteiger partial charge in [0.05, 0.1) is 14.2 Å². The molecule has 0 aliphatic carbocycles. The molecule has 0 atom stereocenters. The van der Waals surface area contributed by atoms with E-state index in [0.29, 0.717) is 0 Å². The zero-order chi connectivity index (χ0) is 35.8. The van der Waals surface area contributed by atoms with Crippen LogP contribution in [0.25, 0.3) is 43.1 Å².